The zero-order valence-corrected chi connectivity index (χ0v) is 16.5. The molecular formula is C19H20BrClN2O2. The zero-order chi connectivity index (χ0) is 18.4. The van der Waals surface area contributed by atoms with Gasteiger partial charge in [0.15, 0.2) is 5.78 Å². The largest absolute Gasteiger partial charge is 0.324 e. The van der Waals surface area contributed by atoms with E-state index in [1.807, 2.05) is 18.7 Å². The molecule has 0 heterocycles. The summed E-state index contributed by atoms with van der Waals surface area (Å²) >= 11 is 9.53. The van der Waals surface area contributed by atoms with Gasteiger partial charge in [0.1, 0.15) is 0 Å². The maximum Gasteiger partial charge on any atom is 0.238 e. The average Bonchev–Trinajstić information content (AvgIpc) is 2.61. The van der Waals surface area contributed by atoms with Crippen molar-refractivity contribution in [2.45, 2.75) is 13.8 Å². The molecule has 6 heteroatoms. The fourth-order valence-corrected chi connectivity index (χ4v) is 3.03. The highest BCUT2D eigenvalue weighted by molar-refractivity contribution is 9.10. The Hall–Kier alpha value is -1.69. The number of nitrogens with one attached hydrogen (secondary N) is 1. The van der Waals surface area contributed by atoms with E-state index in [4.69, 9.17) is 11.6 Å². The molecule has 0 aliphatic rings. The lowest BCUT2D eigenvalue weighted by Crippen LogP contribution is -2.33. The maximum absolute atomic E-state index is 12.9. The van der Waals surface area contributed by atoms with Crippen LogP contribution in [0.1, 0.15) is 29.8 Å². The minimum atomic E-state index is -0.231. The molecule has 0 aliphatic heterocycles. The smallest absolute Gasteiger partial charge is 0.238 e. The van der Waals surface area contributed by atoms with Gasteiger partial charge in [-0.05, 0) is 43.4 Å². The molecule has 1 amide bonds. The Labute approximate surface area is 161 Å². The molecule has 0 saturated heterocycles. The summed E-state index contributed by atoms with van der Waals surface area (Å²) in [6, 6.07) is 12.1. The lowest BCUT2D eigenvalue weighted by Gasteiger charge is -2.18. The number of hydrogen-bond donors (Lipinski definition) is 1. The van der Waals surface area contributed by atoms with Gasteiger partial charge >= 0.3 is 0 Å². The fourth-order valence-electron chi connectivity index (χ4n) is 2.44. The van der Waals surface area contributed by atoms with Gasteiger partial charge in [0.2, 0.25) is 5.91 Å². The van der Waals surface area contributed by atoms with Crippen molar-refractivity contribution in [2.24, 2.45) is 0 Å². The van der Waals surface area contributed by atoms with Crippen LogP contribution in [0.4, 0.5) is 5.69 Å². The summed E-state index contributed by atoms with van der Waals surface area (Å²) in [6.45, 7) is 5.86. The Bertz CT molecular complexity index is 776. The predicted molar refractivity (Wildman–Crippen MR) is 105 cm³/mol. The highest BCUT2D eigenvalue weighted by atomic mass is 79.9. The third-order valence-corrected chi connectivity index (χ3v) is 4.70. The van der Waals surface area contributed by atoms with Gasteiger partial charge in [-0.25, -0.2) is 0 Å². The molecule has 2 aromatic rings. The highest BCUT2D eigenvalue weighted by Crippen LogP contribution is 2.26. The van der Waals surface area contributed by atoms with Crippen LogP contribution >= 0.6 is 27.5 Å². The van der Waals surface area contributed by atoms with Crippen LogP contribution in [-0.2, 0) is 4.79 Å². The first-order chi connectivity index (χ1) is 12.0. The van der Waals surface area contributed by atoms with E-state index >= 15 is 0 Å². The van der Waals surface area contributed by atoms with Crippen molar-refractivity contribution >= 4 is 44.9 Å². The number of amides is 1. The highest BCUT2D eigenvalue weighted by Gasteiger charge is 2.18. The van der Waals surface area contributed by atoms with Crippen LogP contribution < -0.4 is 5.32 Å². The zero-order valence-electron chi connectivity index (χ0n) is 14.2. The fraction of sp³-hybridized carbons (Fsp3) is 0.263. The molecule has 1 N–H and O–H groups in total. The molecule has 132 valence electrons. The molecule has 2 rings (SSSR count). The molecule has 0 bridgehead atoms. The van der Waals surface area contributed by atoms with Gasteiger partial charge in [0.05, 0.1) is 17.3 Å². The second-order valence-electron chi connectivity index (χ2n) is 5.51. The predicted octanol–water partition coefficient (Wildman–Crippen LogP) is 4.61. The monoisotopic (exact) mass is 422 g/mol. The number of anilines is 1. The number of nitrogens with zero attached hydrogens (tertiary/aromatic N) is 1. The van der Waals surface area contributed by atoms with E-state index in [1.165, 1.54) is 0 Å². The second-order valence-corrected chi connectivity index (χ2v) is 6.83. The summed E-state index contributed by atoms with van der Waals surface area (Å²) in [5.41, 5.74) is 1.28. The quantitative estimate of drug-likeness (QED) is 0.661. The lowest BCUT2D eigenvalue weighted by molar-refractivity contribution is -0.117. The molecule has 0 fully saturated rings. The molecule has 25 heavy (non-hydrogen) atoms. The molecule has 4 nitrogen and oxygen atoms in total. The number of rotatable bonds is 7. The van der Waals surface area contributed by atoms with Gasteiger partial charge in [-0.3, -0.25) is 14.5 Å². The van der Waals surface area contributed by atoms with Crippen molar-refractivity contribution in [3.05, 3.63) is 63.1 Å². The van der Waals surface area contributed by atoms with Crippen molar-refractivity contribution in [1.29, 1.82) is 0 Å². The summed E-state index contributed by atoms with van der Waals surface area (Å²) in [4.78, 5) is 27.2. The van der Waals surface area contributed by atoms with E-state index in [9.17, 15) is 9.59 Å². The molecule has 0 atom stereocenters. The first kappa shape index (κ1) is 19.6. The summed E-state index contributed by atoms with van der Waals surface area (Å²) in [5.74, 6) is -0.385. The van der Waals surface area contributed by atoms with E-state index in [0.29, 0.717) is 21.8 Å². The Morgan fingerprint density at radius 3 is 2.40 bits per heavy atom. The van der Waals surface area contributed by atoms with Gasteiger partial charge in [-0.2, -0.15) is 0 Å². The molecule has 0 unspecified atom stereocenters. The Kier molecular flexibility index (Phi) is 7.17. The second kappa shape index (κ2) is 9.13. The molecule has 0 aliphatic carbocycles. The average molecular weight is 424 g/mol. The van der Waals surface area contributed by atoms with E-state index in [-0.39, 0.29) is 18.2 Å². The number of likely N-dealkylation sites (N-methyl/N-ethyl adjacent to an activating group) is 1. The Morgan fingerprint density at radius 1 is 1.08 bits per heavy atom. The number of carbonyl (C=O) groups is 2. The third kappa shape index (κ3) is 5.14. The van der Waals surface area contributed by atoms with Crippen molar-refractivity contribution in [1.82, 2.24) is 4.90 Å². The minimum absolute atomic E-state index is 0.153. The maximum atomic E-state index is 12.9. The number of benzene rings is 2. The SMILES string of the molecule is CCN(CC)CC(=O)Nc1ccc(Br)cc1C(=O)c1ccccc1Cl. The van der Waals surface area contributed by atoms with Gasteiger partial charge in [0.25, 0.3) is 0 Å². The third-order valence-electron chi connectivity index (χ3n) is 3.88. The van der Waals surface area contributed by atoms with E-state index in [1.54, 1.807) is 42.5 Å². The van der Waals surface area contributed by atoms with Gasteiger partial charge in [-0.15, -0.1) is 0 Å². The summed E-state index contributed by atoms with van der Waals surface area (Å²) < 4.78 is 0.754. The van der Waals surface area contributed by atoms with Crippen molar-refractivity contribution < 1.29 is 9.59 Å². The molecule has 0 saturated carbocycles. The van der Waals surface area contributed by atoms with Crippen LogP contribution in [0, 0.1) is 0 Å². The lowest BCUT2D eigenvalue weighted by atomic mass is 10.0. The number of carbonyl (C=O) groups excluding carboxylic acids is 2. The van der Waals surface area contributed by atoms with E-state index in [0.717, 1.165) is 17.6 Å². The molecule has 0 spiro atoms. The van der Waals surface area contributed by atoms with Crippen molar-refractivity contribution in [3.8, 4) is 0 Å². The van der Waals surface area contributed by atoms with Crippen LogP contribution in [-0.4, -0.2) is 36.2 Å². The van der Waals surface area contributed by atoms with Gasteiger partial charge in [0, 0.05) is 15.6 Å². The van der Waals surface area contributed by atoms with Crippen LogP contribution in [0.2, 0.25) is 5.02 Å². The van der Waals surface area contributed by atoms with E-state index in [2.05, 4.69) is 21.2 Å². The summed E-state index contributed by atoms with van der Waals surface area (Å²) in [5, 5.41) is 3.22. The molecular weight excluding hydrogens is 404 g/mol. The van der Waals surface area contributed by atoms with Crippen LogP contribution in [0.25, 0.3) is 0 Å². The topological polar surface area (TPSA) is 49.4 Å². The summed E-state index contributed by atoms with van der Waals surface area (Å²) in [6.07, 6.45) is 0. The van der Waals surface area contributed by atoms with Gasteiger partial charge < -0.3 is 5.32 Å². The van der Waals surface area contributed by atoms with E-state index < -0.39 is 0 Å². The molecule has 0 aromatic heterocycles. The normalized spacial score (nSPS) is 10.8. The standard InChI is InChI=1S/C19H20BrClN2O2/c1-3-23(4-2)12-18(24)22-17-10-9-13(20)11-15(17)19(25)14-7-5-6-8-16(14)21/h5-11H,3-4,12H2,1-2H3,(H,22,24). The van der Waals surface area contributed by atoms with Crippen molar-refractivity contribution in [2.75, 3.05) is 25.0 Å². The number of ketones is 1. The molecule has 2 aromatic carbocycles. The van der Waals surface area contributed by atoms with Crippen LogP contribution in [0.15, 0.2) is 46.9 Å². The summed E-state index contributed by atoms with van der Waals surface area (Å²) in [7, 11) is 0. The minimum Gasteiger partial charge on any atom is -0.324 e. The number of halogens is 2. The Morgan fingerprint density at radius 2 is 1.76 bits per heavy atom. The van der Waals surface area contributed by atoms with Crippen LogP contribution in [0.5, 0.6) is 0 Å². The van der Waals surface area contributed by atoms with Gasteiger partial charge in [-0.1, -0.05) is 53.5 Å². The van der Waals surface area contributed by atoms with Crippen molar-refractivity contribution in [3.63, 3.8) is 0 Å². The first-order valence-corrected chi connectivity index (χ1v) is 9.24. The first-order valence-electron chi connectivity index (χ1n) is 8.07. The Balaban J connectivity index is 2.30. The number of hydrogen-bond acceptors (Lipinski definition) is 3. The van der Waals surface area contributed by atoms with Crippen LogP contribution in [0.3, 0.4) is 0 Å². The molecule has 0 radical (unpaired) electrons.